The van der Waals surface area contributed by atoms with Gasteiger partial charge in [0.15, 0.2) is 0 Å². The molecule has 0 saturated carbocycles. The molecule has 0 spiro atoms. The van der Waals surface area contributed by atoms with Crippen molar-refractivity contribution in [3.8, 4) is 5.75 Å². The van der Waals surface area contributed by atoms with E-state index in [0.717, 1.165) is 33.7 Å². The lowest BCUT2D eigenvalue weighted by molar-refractivity contribution is 0.295. The fraction of sp³-hybridized carbons (Fsp3) is 0.353. The van der Waals surface area contributed by atoms with Gasteiger partial charge in [-0.15, -0.1) is 0 Å². The average molecular weight is 349 g/mol. The van der Waals surface area contributed by atoms with Crippen molar-refractivity contribution < 1.29 is 4.74 Å². The summed E-state index contributed by atoms with van der Waals surface area (Å²) < 4.78 is 7.04. The van der Waals surface area contributed by atoms with Crippen LogP contribution in [0.4, 0.5) is 0 Å². The van der Waals surface area contributed by atoms with Gasteiger partial charge < -0.3 is 10.1 Å². The molecule has 1 aromatic carbocycles. The molecule has 0 amide bonds. The van der Waals surface area contributed by atoms with Crippen LogP contribution in [-0.2, 0) is 6.61 Å². The van der Waals surface area contributed by atoms with Crippen LogP contribution < -0.4 is 10.1 Å². The van der Waals surface area contributed by atoms with Gasteiger partial charge in [-0.05, 0) is 50.7 Å². The van der Waals surface area contributed by atoms with Gasteiger partial charge in [0.2, 0.25) is 0 Å². The van der Waals surface area contributed by atoms with Gasteiger partial charge in [0.05, 0.1) is 5.69 Å². The van der Waals surface area contributed by atoms with Crippen molar-refractivity contribution in [3.63, 3.8) is 0 Å². The molecule has 21 heavy (non-hydrogen) atoms. The molecule has 0 fully saturated rings. The number of pyridine rings is 1. The number of ether oxygens (including phenoxy) is 1. The summed E-state index contributed by atoms with van der Waals surface area (Å²) in [7, 11) is 0. The number of aryl methyl sites for hydroxylation is 1. The van der Waals surface area contributed by atoms with E-state index in [1.807, 2.05) is 37.3 Å². The topological polar surface area (TPSA) is 34.1 Å². The molecule has 2 rings (SSSR count). The first-order chi connectivity index (χ1) is 10.1. The summed E-state index contributed by atoms with van der Waals surface area (Å²) in [6, 6.07) is 12.3. The molecule has 3 nitrogen and oxygen atoms in total. The highest BCUT2D eigenvalue weighted by Crippen LogP contribution is 2.29. The quantitative estimate of drug-likeness (QED) is 0.839. The van der Waals surface area contributed by atoms with Gasteiger partial charge in [0.1, 0.15) is 12.4 Å². The minimum absolute atomic E-state index is 0.243. The fourth-order valence-corrected chi connectivity index (χ4v) is 2.62. The number of benzene rings is 1. The Balaban J connectivity index is 2.15. The van der Waals surface area contributed by atoms with E-state index < -0.39 is 0 Å². The zero-order valence-electron chi connectivity index (χ0n) is 12.7. The summed E-state index contributed by atoms with van der Waals surface area (Å²) in [5, 5.41) is 3.42. The van der Waals surface area contributed by atoms with E-state index in [2.05, 4.69) is 46.1 Å². The molecule has 1 N–H and O–H groups in total. The molecular weight excluding hydrogens is 328 g/mol. The number of rotatable bonds is 6. The summed E-state index contributed by atoms with van der Waals surface area (Å²) in [4.78, 5) is 4.47. The van der Waals surface area contributed by atoms with Gasteiger partial charge in [-0.1, -0.05) is 28.9 Å². The van der Waals surface area contributed by atoms with Gasteiger partial charge in [0.25, 0.3) is 0 Å². The lowest BCUT2D eigenvalue weighted by Gasteiger charge is -2.18. The van der Waals surface area contributed by atoms with Crippen LogP contribution >= 0.6 is 15.9 Å². The molecule has 0 aliphatic carbocycles. The molecule has 112 valence electrons. The minimum Gasteiger partial charge on any atom is -0.487 e. The normalized spacial score (nSPS) is 12.2. The average Bonchev–Trinajstić information content (AvgIpc) is 2.46. The number of aromatic nitrogens is 1. The van der Waals surface area contributed by atoms with Crippen LogP contribution in [0.2, 0.25) is 0 Å². The smallest absolute Gasteiger partial charge is 0.130 e. The predicted molar refractivity (Wildman–Crippen MR) is 89.5 cm³/mol. The second-order valence-electron chi connectivity index (χ2n) is 5.02. The lowest BCUT2D eigenvalue weighted by atomic mass is 10.1. The van der Waals surface area contributed by atoms with E-state index >= 15 is 0 Å². The van der Waals surface area contributed by atoms with Gasteiger partial charge >= 0.3 is 0 Å². The Morgan fingerprint density at radius 2 is 2.10 bits per heavy atom. The highest BCUT2D eigenvalue weighted by Gasteiger charge is 2.12. The Hall–Kier alpha value is -1.39. The monoisotopic (exact) mass is 348 g/mol. The third-order valence-corrected chi connectivity index (χ3v) is 3.76. The van der Waals surface area contributed by atoms with Crippen molar-refractivity contribution in [3.05, 3.63) is 57.8 Å². The number of halogens is 1. The Bertz CT molecular complexity index is 601. The van der Waals surface area contributed by atoms with E-state index in [0.29, 0.717) is 6.61 Å². The van der Waals surface area contributed by atoms with Gasteiger partial charge in [-0.2, -0.15) is 0 Å². The molecule has 0 saturated heterocycles. The van der Waals surface area contributed by atoms with E-state index in [4.69, 9.17) is 4.74 Å². The van der Waals surface area contributed by atoms with Crippen molar-refractivity contribution in [2.45, 2.75) is 33.4 Å². The minimum atomic E-state index is 0.243. The maximum atomic E-state index is 5.98. The lowest BCUT2D eigenvalue weighted by Crippen LogP contribution is -2.18. The Labute approximate surface area is 134 Å². The first-order valence-electron chi connectivity index (χ1n) is 7.18. The number of hydrogen-bond donors (Lipinski definition) is 1. The van der Waals surface area contributed by atoms with Crippen molar-refractivity contribution in [2.24, 2.45) is 0 Å². The summed E-state index contributed by atoms with van der Waals surface area (Å²) >= 11 is 3.53. The van der Waals surface area contributed by atoms with Crippen LogP contribution in [0.1, 0.15) is 36.8 Å². The van der Waals surface area contributed by atoms with Crippen molar-refractivity contribution in [1.82, 2.24) is 10.3 Å². The van der Waals surface area contributed by atoms with Crippen molar-refractivity contribution in [2.75, 3.05) is 6.54 Å². The van der Waals surface area contributed by atoms with Gasteiger partial charge in [-0.25, -0.2) is 0 Å². The standard InChI is InChI=1S/C17H21BrN2O/c1-4-19-13(3)16-10-14(18)8-9-17(16)21-11-15-7-5-6-12(2)20-15/h5-10,13,19H,4,11H2,1-3H3. The number of hydrogen-bond acceptors (Lipinski definition) is 3. The Kier molecular flexibility index (Phi) is 5.76. The van der Waals surface area contributed by atoms with Crippen LogP contribution in [0.5, 0.6) is 5.75 Å². The summed E-state index contributed by atoms with van der Waals surface area (Å²) in [6.45, 7) is 7.64. The highest BCUT2D eigenvalue weighted by molar-refractivity contribution is 9.10. The second kappa shape index (κ2) is 7.57. The SMILES string of the molecule is CCNC(C)c1cc(Br)ccc1OCc1cccc(C)n1. The molecule has 0 aliphatic heterocycles. The van der Waals surface area contributed by atoms with Crippen LogP contribution in [0.15, 0.2) is 40.9 Å². The molecule has 1 atom stereocenters. The van der Waals surface area contributed by atoms with Gasteiger partial charge in [-0.3, -0.25) is 4.98 Å². The van der Waals surface area contributed by atoms with Crippen LogP contribution in [0, 0.1) is 6.92 Å². The maximum Gasteiger partial charge on any atom is 0.130 e. The van der Waals surface area contributed by atoms with E-state index in [1.54, 1.807) is 0 Å². The van der Waals surface area contributed by atoms with Crippen molar-refractivity contribution >= 4 is 15.9 Å². The number of nitrogens with zero attached hydrogens (tertiary/aromatic N) is 1. The Morgan fingerprint density at radius 1 is 1.29 bits per heavy atom. The number of nitrogens with one attached hydrogen (secondary N) is 1. The molecule has 0 aliphatic rings. The molecule has 0 bridgehead atoms. The van der Waals surface area contributed by atoms with Crippen LogP contribution in [0.3, 0.4) is 0 Å². The third-order valence-electron chi connectivity index (χ3n) is 3.27. The van der Waals surface area contributed by atoms with Crippen LogP contribution in [0.25, 0.3) is 0 Å². The predicted octanol–water partition coefficient (Wildman–Crippen LogP) is 4.40. The van der Waals surface area contributed by atoms with E-state index in [9.17, 15) is 0 Å². The third kappa shape index (κ3) is 4.55. The molecule has 4 heteroatoms. The molecule has 2 aromatic rings. The first-order valence-corrected chi connectivity index (χ1v) is 7.97. The molecule has 1 heterocycles. The van der Waals surface area contributed by atoms with Crippen LogP contribution in [-0.4, -0.2) is 11.5 Å². The first kappa shape index (κ1) is 16.0. The van der Waals surface area contributed by atoms with E-state index in [1.165, 1.54) is 0 Å². The molecule has 1 aromatic heterocycles. The largest absolute Gasteiger partial charge is 0.487 e. The molecule has 1 unspecified atom stereocenters. The zero-order chi connectivity index (χ0) is 15.2. The summed E-state index contributed by atoms with van der Waals surface area (Å²) in [6.07, 6.45) is 0. The zero-order valence-corrected chi connectivity index (χ0v) is 14.3. The molecule has 0 radical (unpaired) electrons. The highest BCUT2D eigenvalue weighted by atomic mass is 79.9. The van der Waals surface area contributed by atoms with E-state index in [-0.39, 0.29) is 6.04 Å². The second-order valence-corrected chi connectivity index (χ2v) is 5.94. The maximum absolute atomic E-state index is 5.98. The van der Waals surface area contributed by atoms with Crippen molar-refractivity contribution in [1.29, 1.82) is 0 Å². The Morgan fingerprint density at radius 3 is 2.81 bits per heavy atom. The van der Waals surface area contributed by atoms with Gasteiger partial charge in [0, 0.05) is 21.8 Å². The summed E-state index contributed by atoms with van der Waals surface area (Å²) in [5.74, 6) is 0.898. The molecular formula is C17H21BrN2O. The fourth-order valence-electron chi connectivity index (χ4n) is 2.24. The summed E-state index contributed by atoms with van der Waals surface area (Å²) in [5.41, 5.74) is 3.10.